The molecule has 1 amide bonds. The van der Waals surface area contributed by atoms with Crippen LogP contribution in [0.2, 0.25) is 0 Å². The van der Waals surface area contributed by atoms with E-state index < -0.39 is 0 Å². The molecule has 1 aromatic heterocycles. The van der Waals surface area contributed by atoms with Crippen LogP contribution in [0.3, 0.4) is 0 Å². The largest absolute Gasteiger partial charge is 0.340 e. The Hall–Kier alpha value is -2.14. The SMILES string of the molecule is CNCCN(C)C(=O)c1cnn(-c2ccccc2C)c1. The lowest BCUT2D eigenvalue weighted by Gasteiger charge is -2.15. The zero-order valence-electron chi connectivity index (χ0n) is 12.1. The Morgan fingerprint density at radius 3 is 2.85 bits per heavy atom. The maximum absolute atomic E-state index is 12.2. The Kier molecular flexibility index (Phi) is 4.53. The highest BCUT2D eigenvalue weighted by Gasteiger charge is 2.14. The summed E-state index contributed by atoms with van der Waals surface area (Å²) in [5.74, 6) is -0.0138. The molecule has 0 bridgehead atoms. The number of amides is 1. The molecule has 5 nitrogen and oxygen atoms in total. The third-order valence-corrected chi connectivity index (χ3v) is 3.24. The van der Waals surface area contributed by atoms with Gasteiger partial charge in [0.25, 0.3) is 5.91 Å². The second-order valence-electron chi connectivity index (χ2n) is 4.79. The van der Waals surface area contributed by atoms with E-state index in [9.17, 15) is 4.79 Å². The van der Waals surface area contributed by atoms with E-state index in [0.717, 1.165) is 17.8 Å². The Bertz CT molecular complexity index is 591. The minimum atomic E-state index is -0.0138. The van der Waals surface area contributed by atoms with Gasteiger partial charge in [0.1, 0.15) is 0 Å². The highest BCUT2D eigenvalue weighted by atomic mass is 16.2. The van der Waals surface area contributed by atoms with Crippen molar-refractivity contribution in [3.8, 4) is 5.69 Å². The van der Waals surface area contributed by atoms with Crippen LogP contribution in [0, 0.1) is 6.92 Å². The average molecular weight is 272 g/mol. The van der Waals surface area contributed by atoms with Crippen molar-refractivity contribution in [3.63, 3.8) is 0 Å². The van der Waals surface area contributed by atoms with Crippen molar-refractivity contribution in [3.05, 3.63) is 47.8 Å². The van der Waals surface area contributed by atoms with Crippen LogP contribution in [0.1, 0.15) is 15.9 Å². The van der Waals surface area contributed by atoms with Gasteiger partial charge in [-0.05, 0) is 25.6 Å². The zero-order chi connectivity index (χ0) is 14.5. The predicted octanol–water partition coefficient (Wildman–Crippen LogP) is 1.47. The number of carbonyl (C=O) groups is 1. The number of rotatable bonds is 5. The van der Waals surface area contributed by atoms with Crippen molar-refractivity contribution in [2.24, 2.45) is 0 Å². The number of nitrogens with one attached hydrogen (secondary N) is 1. The molecule has 0 aliphatic carbocycles. The first-order chi connectivity index (χ1) is 9.63. The third kappa shape index (κ3) is 3.05. The maximum Gasteiger partial charge on any atom is 0.256 e. The van der Waals surface area contributed by atoms with Gasteiger partial charge in [-0.3, -0.25) is 4.79 Å². The van der Waals surface area contributed by atoms with Crippen molar-refractivity contribution in [1.82, 2.24) is 20.0 Å². The number of nitrogens with zero attached hydrogens (tertiary/aromatic N) is 3. The molecule has 0 fully saturated rings. The van der Waals surface area contributed by atoms with E-state index >= 15 is 0 Å². The van der Waals surface area contributed by atoms with Crippen LogP contribution in [-0.2, 0) is 0 Å². The fourth-order valence-corrected chi connectivity index (χ4v) is 1.99. The summed E-state index contributed by atoms with van der Waals surface area (Å²) in [6, 6.07) is 7.96. The normalized spacial score (nSPS) is 10.6. The summed E-state index contributed by atoms with van der Waals surface area (Å²) in [5, 5.41) is 7.31. The highest BCUT2D eigenvalue weighted by Crippen LogP contribution is 2.13. The number of aromatic nitrogens is 2. The molecule has 0 aliphatic heterocycles. The Morgan fingerprint density at radius 1 is 1.40 bits per heavy atom. The molecule has 20 heavy (non-hydrogen) atoms. The van der Waals surface area contributed by atoms with Crippen LogP contribution in [-0.4, -0.2) is 47.8 Å². The molecular formula is C15H20N4O. The maximum atomic E-state index is 12.2. The molecule has 1 aromatic carbocycles. The lowest BCUT2D eigenvalue weighted by atomic mass is 10.2. The van der Waals surface area contributed by atoms with Gasteiger partial charge < -0.3 is 10.2 Å². The molecule has 0 spiro atoms. The van der Waals surface area contributed by atoms with Gasteiger partial charge in [0, 0.05) is 26.3 Å². The second kappa shape index (κ2) is 6.34. The van der Waals surface area contributed by atoms with Crippen LogP contribution < -0.4 is 5.32 Å². The number of para-hydroxylation sites is 1. The molecular weight excluding hydrogens is 252 g/mol. The van der Waals surface area contributed by atoms with Gasteiger partial charge in [-0.25, -0.2) is 4.68 Å². The van der Waals surface area contributed by atoms with Crippen LogP contribution in [0.15, 0.2) is 36.7 Å². The first-order valence-electron chi connectivity index (χ1n) is 6.64. The van der Waals surface area contributed by atoms with Crippen molar-refractivity contribution in [2.45, 2.75) is 6.92 Å². The van der Waals surface area contributed by atoms with Crippen LogP contribution in [0.25, 0.3) is 5.69 Å². The molecule has 0 radical (unpaired) electrons. The monoisotopic (exact) mass is 272 g/mol. The summed E-state index contributed by atoms with van der Waals surface area (Å²) in [4.78, 5) is 13.9. The molecule has 0 aliphatic rings. The molecule has 1 heterocycles. The van der Waals surface area contributed by atoms with E-state index in [1.165, 1.54) is 0 Å². The molecule has 2 rings (SSSR count). The van der Waals surface area contributed by atoms with Gasteiger partial charge in [0.15, 0.2) is 0 Å². The number of aryl methyl sites for hydroxylation is 1. The predicted molar refractivity (Wildman–Crippen MR) is 79.2 cm³/mol. The van der Waals surface area contributed by atoms with E-state index in [-0.39, 0.29) is 5.91 Å². The summed E-state index contributed by atoms with van der Waals surface area (Å²) in [5.41, 5.74) is 2.72. The molecule has 0 saturated carbocycles. The summed E-state index contributed by atoms with van der Waals surface area (Å²) in [6.45, 7) is 3.47. The fourth-order valence-electron chi connectivity index (χ4n) is 1.99. The Morgan fingerprint density at radius 2 is 2.15 bits per heavy atom. The minimum Gasteiger partial charge on any atom is -0.340 e. The fraction of sp³-hybridized carbons (Fsp3) is 0.333. The van der Waals surface area contributed by atoms with Crippen LogP contribution in [0.4, 0.5) is 0 Å². The van der Waals surface area contributed by atoms with E-state index in [1.54, 1.807) is 29.0 Å². The molecule has 106 valence electrons. The van der Waals surface area contributed by atoms with Gasteiger partial charge in [0.2, 0.25) is 0 Å². The number of benzene rings is 1. The molecule has 0 atom stereocenters. The van der Waals surface area contributed by atoms with Crippen molar-refractivity contribution in [1.29, 1.82) is 0 Å². The molecule has 0 saturated heterocycles. The lowest BCUT2D eigenvalue weighted by Crippen LogP contribution is -2.32. The van der Waals surface area contributed by atoms with Gasteiger partial charge in [-0.15, -0.1) is 0 Å². The van der Waals surface area contributed by atoms with Gasteiger partial charge in [-0.2, -0.15) is 5.10 Å². The topological polar surface area (TPSA) is 50.2 Å². The van der Waals surface area contributed by atoms with Crippen molar-refractivity contribution in [2.75, 3.05) is 27.2 Å². The number of hydrogen-bond acceptors (Lipinski definition) is 3. The molecule has 2 aromatic rings. The van der Waals surface area contributed by atoms with Gasteiger partial charge in [-0.1, -0.05) is 18.2 Å². The zero-order valence-corrected chi connectivity index (χ0v) is 12.1. The van der Waals surface area contributed by atoms with E-state index in [2.05, 4.69) is 10.4 Å². The van der Waals surface area contributed by atoms with Crippen LogP contribution >= 0.6 is 0 Å². The molecule has 0 unspecified atom stereocenters. The van der Waals surface area contributed by atoms with Crippen LogP contribution in [0.5, 0.6) is 0 Å². The number of hydrogen-bond donors (Lipinski definition) is 1. The smallest absolute Gasteiger partial charge is 0.256 e. The van der Waals surface area contributed by atoms with Gasteiger partial charge >= 0.3 is 0 Å². The molecule has 5 heteroatoms. The third-order valence-electron chi connectivity index (χ3n) is 3.24. The van der Waals surface area contributed by atoms with Crippen molar-refractivity contribution >= 4 is 5.91 Å². The second-order valence-corrected chi connectivity index (χ2v) is 4.79. The number of carbonyl (C=O) groups excluding carboxylic acids is 1. The minimum absolute atomic E-state index is 0.0138. The van der Waals surface area contributed by atoms with Crippen molar-refractivity contribution < 1.29 is 4.79 Å². The summed E-state index contributed by atoms with van der Waals surface area (Å²) >= 11 is 0. The van der Waals surface area contributed by atoms with E-state index in [4.69, 9.17) is 0 Å². The first-order valence-corrected chi connectivity index (χ1v) is 6.64. The number of likely N-dealkylation sites (N-methyl/N-ethyl adjacent to an activating group) is 2. The average Bonchev–Trinajstić information content (AvgIpc) is 2.94. The lowest BCUT2D eigenvalue weighted by molar-refractivity contribution is 0.0797. The Labute approximate surface area is 119 Å². The first kappa shape index (κ1) is 14.3. The standard InChI is InChI=1S/C15H20N4O/c1-12-6-4-5-7-14(12)19-11-13(10-17-19)15(20)18(3)9-8-16-2/h4-7,10-11,16H,8-9H2,1-3H3. The summed E-state index contributed by atoms with van der Waals surface area (Å²) in [7, 11) is 3.67. The quantitative estimate of drug-likeness (QED) is 0.897. The molecule has 1 N–H and O–H groups in total. The highest BCUT2D eigenvalue weighted by molar-refractivity contribution is 5.93. The summed E-state index contributed by atoms with van der Waals surface area (Å²) in [6.07, 6.45) is 3.39. The summed E-state index contributed by atoms with van der Waals surface area (Å²) < 4.78 is 1.74. The van der Waals surface area contributed by atoms with Gasteiger partial charge in [0.05, 0.1) is 17.4 Å². The van der Waals surface area contributed by atoms with E-state index in [1.807, 2.05) is 38.2 Å². The van der Waals surface area contributed by atoms with E-state index in [0.29, 0.717) is 12.1 Å². The Balaban J connectivity index is 2.17.